The van der Waals surface area contributed by atoms with Crippen molar-refractivity contribution >= 4 is 32.0 Å². The molecule has 0 saturated carbocycles. The Bertz CT molecular complexity index is 1310. The van der Waals surface area contributed by atoms with E-state index >= 15 is 0 Å². The number of nitrogens with zero attached hydrogens (tertiary/aromatic N) is 3. The second-order valence-electron chi connectivity index (χ2n) is 7.40. The molecule has 3 heterocycles. The molecule has 30 heavy (non-hydrogen) atoms. The zero-order valence-corrected chi connectivity index (χ0v) is 17.3. The first kappa shape index (κ1) is 19.0. The van der Waals surface area contributed by atoms with Crippen LogP contribution in [0.15, 0.2) is 70.1 Å². The van der Waals surface area contributed by atoms with Crippen molar-refractivity contribution in [3.63, 3.8) is 0 Å². The first-order valence-corrected chi connectivity index (χ1v) is 11.2. The number of pyridine rings is 1. The normalized spacial score (nSPS) is 16.3. The van der Waals surface area contributed by atoms with E-state index in [1.165, 1.54) is 10.5 Å². The summed E-state index contributed by atoms with van der Waals surface area (Å²) in [4.78, 5) is 6.51. The quantitative estimate of drug-likeness (QED) is 0.498. The van der Waals surface area contributed by atoms with Crippen LogP contribution in [0.5, 0.6) is 11.6 Å². The molecule has 7 nitrogen and oxygen atoms in total. The van der Waals surface area contributed by atoms with Gasteiger partial charge in [0, 0.05) is 43.0 Å². The minimum atomic E-state index is -3.54. The van der Waals surface area contributed by atoms with Crippen LogP contribution in [-0.4, -0.2) is 55.8 Å². The van der Waals surface area contributed by atoms with Gasteiger partial charge in [0.15, 0.2) is 0 Å². The van der Waals surface area contributed by atoms with Gasteiger partial charge in [0.25, 0.3) is 0 Å². The van der Waals surface area contributed by atoms with Crippen LogP contribution in [0.2, 0.25) is 0 Å². The number of ether oxygens (including phenoxy) is 1. The van der Waals surface area contributed by atoms with Crippen molar-refractivity contribution in [3.8, 4) is 11.6 Å². The summed E-state index contributed by atoms with van der Waals surface area (Å²) in [6, 6.07) is 16.5. The lowest BCUT2D eigenvalue weighted by Crippen LogP contribution is -2.47. The highest BCUT2D eigenvalue weighted by molar-refractivity contribution is 7.89. The highest BCUT2D eigenvalue weighted by Gasteiger charge is 2.27. The molecule has 2 aromatic carbocycles. The number of piperazine rings is 1. The van der Waals surface area contributed by atoms with Crippen LogP contribution in [0.25, 0.3) is 21.9 Å². The number of para-hydroxylation sites is 1. The van der Waals surface area contributed by atoms with E-state index in [-0.39, 0.29) is 4.90 Å². The maximum Gasteiger partial charge on any atom is 0.244 e. The van der Waals surface area contributed by atoms with Gasteiger partial charge in [-0.1, -0.05) is 18.2 Å². The van der Waals surface area contributed by atoms with Crippen molar-refractivity contribution < 1.29 is 17.6 Å². The average molecular weight is 423 g/mol. The maximum atomic E-state index is 12.8. The van der Waals surface area contributed by atoms with Gasteiger partial charge in [-0.25, -0.2) is 13.4 Å². The van der Waals surface area contributed by atoms with Crippen molar-refractivity contribution in [2.24, 2.45) is 0 Å². The zero-order valence-electron chi connectivity index (χ0n) is 16.5. The van der Waals surface area contributed by atoms with E-state index in [4.69, 9.17) is 9.15 Å². The molecule has 0 atom stereocenters. The smallest absolute Gasteiger partial charge is 0.244 e. The molecule has 8 heteroatoms. The standard InChI is InChI=1S/C22H21N3O4S/c1-24-10-12-25(13-11-24)30(26,27)17-7-9-22(23-15-17)28-16-6-8-21-19(14-16)18-4-2-3-5-20(18)29-21/h2-9,14-15H,10-13H2,1H3. The number of fused-ring (bicyclic) bond motifs is 3. The molecule has 4 aromatic rings. The number of aromatic nitrogens is 1. The third kappa shape index (κ3) is 3.43. The summed E-state index contributed by atoms with van der Waals surface area (Å²) in [5, 5.41) is 1.97. The minimum Gasteiger partial charge on any atom is -0.456 e. The predicted molar refractivity (Wildman–Crippen MR) is 114 cm³/mol. The summed E-state index contributed by atoms with van der Waals surface area (Å²) in [6.45, 7) is 2.41. The van der Waals surface area contributed by atoms with Crippen LogP contribution in [0.3, 0.4) is 0 Å². The SMILES string of the molecule is CN1CCN(S(=O)(=O)c2ccc(Oc3ccc4oc5ccccc5c4c3)nc2)CC1. The van der Waals surface area contributed by atoms with E-state index in [0.29, 0.717) is 24.7 Å². The Hall–Kier alpha value is -2.94. The molecule has 154 valence electrons. The van der Waals surface area contributed by atoms with Crippen LogP contribution in [0.1, 0.15) is 0 Å². The summed E-state index contributed by atoms with van der Waals surface area (Å²) in [5.74, 6) is 0.940. The third-order valence-electron chi connectivity index (χ3n) is 5.38. The Labute approximate surface area is 174 Å². The summed E-state index contributed by atoms with van der Waals surface area (Å²) < 4.78 is 38.8. The summed E-state index contributed by atoms with van der Waals surface area (Å²) >= 11 is 0. The van der Waals surface area contributed by atoms with Gasteiger partial charge in [-0.05, 0) is 37.4 Å². The van der Waals surface area contributed by atoms with E-state index in [1.54, 1.807) is 18.2 Å². The topological polar surface area (TPSA) is 75.9 Å². The van der Waals surface area contributed by atoms with Gasteiger partial charge in [0.1, 0.15) is 21.8 Å². The lowest BCUT2D eigenvalue weighted by atomic mass is 10.1. The molecule has 1 aliphatic rings. The van der Waals surface area contributed by atoms with Gasteiger partial charge in [-0.15, -0.1) is 0 Å². The van der Waals surface area contributed by atoms with Gasteiger partial charge in [0.05, 0.1) is 6.20 Å². The third-order valence-corrected chi connectivity index (χ3v) is 7.26. The van der Waals surface area contributed by atoms with Crippen LogP contribution < -0.4 is 4.74 Å². The number of likely N-dealkylation sites (N-methyl/N-ethyl adjacent to an activating group) is 1. The fourth-order valence-electron chi connectivity index (χ4n) is 3.65. The van der Waals surface area contributed by atoms with Crippen LogP contribution in [-0.2, 0) is 10.0 Å². The van der Waals surface area contributed by atoms with Gasteiger partial charge in [-0.2, -0.15) is 4.31 Å². The molecule has 1 aliphatic heterocycles. The first-order chi connectivity index (χ1) is 14.5. The molecule has 1 saturated heterocycles. The largest absolute Gasteiger partial charge is 0.456 e. The van der Waals surface area contributed by atoms with Gasteiger partial charge in [0.2, 0.25) is 15.9 Å². The van der Waals surface area contributed by atoms with E-state index in [1.807, 2.05) is 43.4 Å². The molecule has 1 fully saturated rings. The van der Waals surface area contributed by atoms with Gasteiger partial charge >= 0.3 is 0 Å². The average Bonchev–Trinajstić information content (AvgIpc) is 3.13. The summed E-state index contributed by atoms with van der Waals surface area (Å²) in [7, 11) is -1.56. The fraction of sp³-hybridized carbons (Fsp3) is 0.227. The highest BCUT2D eigenvalue weighted by Crippen LogP contribution is 2.32. The summed E-state index contributed by atoms with van der Waals surface area (Å²) in [6.07, 6.45) is 1.36. The van der Waals surface area contributed by atoms with Crippen molar-refractivity contribution in [3.05, 3.63) is 60.8 Å². The minimum absolute atomic E-state index is 0.177. The zero-order chi connectivity index (χ0) is 20.7. The lowest BCUT2D eigenvalue weighted by molar-refractivity contribution is 0.222. The van der Waals surface area contributed by atoms with Crippen LogP contribution >= 0.6 is 0 Å². The number of furan rings is 1. The van der Waals surface area contributed by atoms with Crippen molar-refractivity contribution in [2.75, 3.05) is 33.2 Å². The van der Waals surface area contributed by atoms with E-state index in [0.717, 1.165) is 35.0 Å². The van der Waals surface area contributed by atoms with E-state index < -0.39 is 10.0 Å². The number of hydrogen-bond donors (Lipinski definition) is 0. The Morgan fingerprint density at radius 1 is 0.933 bits per heavy atom. The molecule has 5 rings (SSSR count). The molecular weight excluding hydrogens is 402 g/mol. The molecular formula is C22H21N3O4S. The molecule has 0 bridgehead atoms. The lowest BCUT2D eigenvalue weighted by Gasteiger charge is -2.31. The second kappa shape index (κ2) is 7.39. The van der Waals surface area contributed by atoms with Crippen molar-refractivity contribution in [2.45, 2.75) is 4.90 Å². The van der Waals surface area contributed by atoms with Gasteiger partial charge in [-0.3, -0.25) is 0 Å². The highest BCUT2D eigenvalue weighted by atomic mass is 32.2. The monoisotopic (exact) mass is 423 g/mol. The molecule has 0 spiro atoms. The van der Waals surface area contributed by atoms with Crippen molar-refractivity contribution in [1.82, 2.24) is 14.2 Å². The van der Waals surface area contributed by atoms with Crippen molar-refractivity contribution in [1.29, 1.82) is 0 Å². The number of hydrogen-bond acceptors (Lipinski definition) is 6. The van der Waals surface area contributed by atoms with E-state index in [9.17, 15) is 8.42 Å². The fourth-order valence-corrected chi connectivity index (χ4v) is 5.01. The summed E-state index contributed by atoms with van der Waals surface area (Å²) in [5.41, 5.74) is 1.60. The molecule has 0 unspecified atom stereocenters. The number of benzene rings is 2. The predicted octanol–water partition coefficient (Wildman–Crippen LogP) is 3.71. The Morgan fingerprint density at radius 3 is 2.47 bits per heavy atom. The van der Waals surface area contributed by atoms with Crippen LogP contribution in [0.4, 0.5) is 0 Å². The second-order valence-corrected chi connectivity index (χ2v) is 9.34. The Balaban J connectivity index is 1.38. The Morgan fingerprint density at radius 2 is 1.70 bits per heavy atom. The van der Waals surface area contributed by atoms with Crippen LogP contribution in [0, 0.1) is 0 Å². The molecule has 0 amide bonds. The number of sulfonamides is 1. The molecule has 2 aromatic heterocycles. The molecule has 0 aliphatic carbocycles. The number of rotatable bonds is 4. The van der Waals surface area contributed by atoms with E-state index in [2.05, 4.69) is 9.88 Å². The maximum absolute atomic E-state index is 12.8. The Kier molecular flexibility index (Phi) is 4.69. The molecule has 0 radical (unpaired) electrons. The first-order valence-electron chi connectivity index (χ1n) is 9.75. The molecule has 0 N–H and O–H groups in total. The van der Waals surface area contributed by atoms with Gasteiger partial charge < -0.3 is 14.1 Å².